The van der Waals surface area contributed by atoms with Gasteiger partial charge in [0.15, 0.2) is 11.5 Å². The standard InChI is InChI=1S/C23H39N3O4/c1-28-15-14-24-10-12-26(13-11-24)17-20-6-7-22(29-2)23(16-20)30-19-21(27)18-25-8-4-3-5-9-25/h6-7,16,21,27H,3-5,8-15,17-19H2,1-2H3/t21-/m0/s1. The number of ether oxygens (including phenoxy) is 3. The first kappa shape index (κ1) is 23.3. The first-order chi connectivity index (χ1) is 14.7. The summed E-state index contributed by atoms with van der Waals surface area (Å²) in [7, 11) is 3.41. The van der Waals surface area contributed by atoms with Gasteiger partial charge in [0.25, 0.3) is 0 Å². The minimum Gasteiger partial charge on any atom is -0.493 e. The molecule has 30 heavy (non-hydrogen) atoms. The smallest absolute Gasteiger partial charge is 0.161 e. The maximum absolute atomic E-state index is 10.4. The van der Waals surface area contributed by atoms with E-state index in [1.165, 1.54) is 24.8 Å². The molecule has 1 aromatic carbocycles. The highest BCUT2D eigenvalue weighted by Gasteiger charge is 2.18. The zero-order valence-electron chi connectivity index (χ0n) is 18.7. The number of β-amino-alcohol motifs (C(OH)–C–C–N with tert-alkyl or cyclic N) is 1. The van der Waals surface area contributed by atoms with Gasteiger partial charge in [0, 0.05) is 52.9 Å². The first-order valence-corrected chi connectivity index (χ1v) is 11.3. The van der Waals surface area contributed by atoms with Crippen molar-refractivity contribution in [3.63, 3.8) is 0 Å². The average Bonchev–Trinajstić information content (AvgIpc) is 2.78. The Morgan fingerprint density at radius 3 is 2.33 bits per heavy atom. The molecule has 0 aliphatic carbocycles. The molecule has 0 spiro atoms. The molecule has 2 fully saturated rings. The molecule has 0 unspecified atom stereocenters. The van der Waals surface area contributed by atoms with Gasteiger partial charge in [-0.2, -0.15) is 0 Å². The highest BCUT2D eigenvalue weighted by molar-refractivity contribution is 5.43. The van der Waals surface area contributed by atoms with E-state index in [0.717, 1.165) is 59.0 Å². The van der Waals surface area contributed by atoms with Crippen LogP contribution in [0.1, 0.15) is 24.8 Å². The van der Waals surface area contributed by atoms with E-state index in [-0.39, 0.29) is 6.61 Å². The van der Waals surface area contributed by atoms with Crippen LogP contribution >= 0.6 is 0 Å². The Balaban J connectivity index is 1.48. The molecule has 0 amide bonds. The average molecular weight is 422 g/mol. The van der Waals surface area contributed by atoms with Crippen molar-refractivity contribution in [3.8, 4) is 11.5 Å². The van der Waals surface area contributed by atoms with Crippen LogP contribution in [-0.2, 0) is 11.3 Å². The number of aliphatic hydroxyl groups is 1. The fraction of sp³-hybridized carbons (Fsp3) is 0.739. The molecule has 0 radical (unpaired) electrons. The molecule has 0 bridgehead atoms. The second-order valence-corrected chi connectivity index (χ2v) is 8.42. The zero-order valence-corrected chi connectivity index (χ0v) is 18.7. The van der Waals surface area contributed by atoms with E-state index < -0.39 is 6.10 Å². The molecule has 2 aliphatic heterocycles. The van der Waals surface area contributed by atoms with Crippen molar-refractivity contribution in [2.75, 3.05) is 79.8 Å². The van der Waals surface area contributed by atoms with Gasteiger partial charge in [0.1, 0.15) is 12.7 Å². The number of aliphatic hydroxyl groups excluding tert-OH is 1. The Labute approximate surface area is 181 Å². The Bertz CT molecular complexity index is 616. The van der Waals surface area contributed by atoms with Crippen LogP contribution in [0.4, 0.5) is 0 Å². The molecule has 7 nitrogen and oxygen atoms in total. The van der Waals surface area contributed by atoms with Crippen molar-refractivity contribution in [1.82, 2.24) is 14.7 Å². The van der Waals surface area contributed by atoms with E-state index >= 15 is 0 Å². The fourth-order valence-electron chi connectivity index (χ4n) is 4.26. The lowest BCUT2D eigenvalue weighted by atomic mass is 10.1. The number of piperazine rings is 1. The van der Waals surface area contributed by atoms with Crippen molar-refractivity contribution >= 4 is 0 Å². The molecular formula is C23H39N3O4. The lowest BCUT2D eigenvalue weighted by molar-refractivity contribution is 0.0607. The van der Waals surface area contributed by atoms with Crippen LogP contribution in [0.2, 0.25) is 0 Å². The molecule has 7 heteroatoms. The number of benzene rings is 1. The predicted molar refractivity (Wildman–Crippen MR) is 118 cm³/mol. The highest BCUT2D eigenvalue weighted by Crippen LogP contribution is 2.29. The van der Waals surface area contributed by atoms with E-state index in [0.29, 0.717) is 18.0 Å². The van der Waals surface area contributed by atoms with Gasteiger partial charge < -0.3 is 24.2 Å². The van der Waals surface area contributed by atoms with Crippen LogP contribution < -0.4 is 9.47 Å². The normalized spacial score (nSPS) is 20.2. The van der Waals surface area contributed by atoms with Crippen molar-refractivity contribution in [1.29, 1.82) is 0 Å². The number of piperidine rings is 1. The molecule has 1 aromatic rings. The van der Waals surface area contributed by atoms with Gasteiger partial charge in [-0.15, -0.1) is 0 Å². The van der Waals surface area contributed by atoms with Crippen molar-refractivity contribution in [3.05, 3.63) is 23.8 Å². The highest BCUT2D eigenvalue weighted by atomic mass is 16.5. The van der Waals surface area contributed by atoms with Crippen molar-refractivity contribution in [2.45, 2.75) is 31.9 Å². The fourth-order valence-corrected chi connectivity index (χ4v) is 4.26. The lowest BCUT2D eigenvalue weighted by Crippen LogP contribution is -2.46. The lowest BCUT2D eigenvalue weighted by Gasteiger charge is -2.34. The molecule has 2 aliphatic rings. The summed E-state index contributed by atoms with van der Waals surface area (Å²) in [6.45, 7) is 10.1. The van der Waals surface area contributed by atoms with Gasteiger partial charge in [-0.1, -0.05) is 12.5 Å². The van der Waals surface area contributed by atoms with Gasteiger partial charge in [0.05, 0.1) is 13.7 Å². The van der Waals surface area contributed by atoms with Crippen molar-refractivity contribution < 1.29 is 19.3 Å². The number of likely N-dealkylation sites (tertiary alicyclic amines) is 1. The summed E-state index contributed by atoms with van der Waals surface area (Å²) in [6, 6.07) is 6.13. The topological polar surface area (TPSA) is 57.6 Å². The zero-order chi connectivity index (χ0) is 21.2. The summed E-state index contributed by atoms with van der Waals surface area (Å²) in [6.07, 6.45) is 3.26. The third kappa shape index (κ3) is 7.39. The maximum Gasteiger partial charge on any atom is 0.161 e. The third-order valence-electron chi connectivity index (χ3n) is 6.06. The van der Waals surface area contributed by atoms with E-state index in [1.54, 1.807) is 14.2 Å². The van der Waals surface area contributed by atoms with E-state index in [2.05, 4.69) is 26.8 Å². The summed E-state index contributed by atoms with van der Waals surface area (Å²) >= 11 is 0. The molecular weight excluding hydrogens is 382 g/mol. The van der Waals surface area contributed by atoms with Crippen LogP contribution in [0.15, 0.2) is 18.2 Å². The molecule has 0 saturated carbocycles. The third-order valence-corrected chi connectivity index (χ3v) is 6.06. The Hall–Kier alpha value is -1.38. The molecule has 0 aromatic heterocycles. The SMILES string of the molecule is COCCN1CCN(Cc2ccc(OC)c(OC[C@@H](O)CN3CCCCC3)c2)CC1. The van der Waals surface area contributed by atoms with Crippen LogP contribution in [0, 0.1) is 0 Å². The van der Waals surface area contributed by atoms with E-state index in [4.69, 9.17) is 14.2 Å². The summed E-state index contributed by atoms with van der Waals surface area (Å²) in [4.78, 5) is 7.25. The molecule has 3 rings (SSSR count). The second-order valence-electron chi connectivity index (χ2n) is 8.42. The molecule has 2 heterocycles. The van der Waals surface area contributed by atoms with Gasteiger partial charge >= 0.3 is 0 Å². The number of methoxy groups -OCH3 is 2. The first-order valence-electron chi connectivity index (χ1n) is 11.3. The minimum atomic E-state index is -0.489. The number of hydrogen-bond acceptors (Lipinski definition) is 7. The second kappa shape index (κ2) is 12.5. The largest absolute Gasteiger partial charge is 0.493 e. The van der Waals surface area contributed by atoms with Crippen LogP contribution in [0.3, 0.4) is 0 Å². The minimum absolute atomic E-state index is 0.286. The summed E-state index contributed by atoms with van der Waals surface area (Å²) in [5.74, 6) is 1.43. The summed E-state index contributed by atoms with van der Waals surface area (Å²) in [5, 5.41) is 10.4. The van der Waals surface area contributed by atoms with Crippen LogP contribution in [0.5, 0.6) is 11.5 Å². The number of rotatable bonds is 11. The van der Waals surface area contributed by atoms with Gasteiger partial charge in [-0.3, -0.25) is 9.80 Å². The summed E-state index contributed by atoms with van der Waals surface area (Å²) in [5.41, 5.74) is 1.21. The van der Waals surface area contributed by atoms with Gasteiger partial charge in [0.2, 0.25) is 0 Å². The van der Waals surface area contributed by atoms with Crippen molar-refractivity contribution in [2.24, 2.45) is 0 Å². The Morgan fingerprint density at radius 2 is 1.63 bits per heavy atom. The number of hydrogen-bond donors (Lipinski definition) is 1. The molecule has 2 saturated heterocycles. The van der Waals surface area contributed by atoms with Gasteiger partial charge in [-0.25, -0.2) is 0 Å². The molecule has 1 N–H and O–H groups in total. The predicted octanol–water partition coefficient (Wildman–Crippen LogP) is 1.68. The van der Waals surface area contributed by atoms with E-state index in [9.17, 15) is 5.11 Å². The maximum atomic E-state index is 10.4. The van der Waals surface area contributed by atoms with Gasteiger partial charge in [-0.05, 0) is 43.6 Å². The van der Waals surface area contributed by atoms with E-state index in [1.807, 2.05) is 6.07 Å². The Kier molecular flexibility index (Phi) is 9.68. The monoisotopic (exact) mass is 421 g/mol. The Morgan fingerprint density at radius 1 is 0.900 bits per heavy atom. The summed E-state index contributed by atoms with van der Waals surface area (Å²) < 4.78 is 16.6. The van der Waals surface area contributed by atoms with Crippen LogP contribution in [0.25, 0.3) is 0 Å². The molecule has 170 valence electrons. The number of nitrogens with zero attached hydrogens (tertiary/aromatic N) is 3. The van der Waals surface area contributed by atoms with Crippen LogP contribution in [-0.4, -0.2) is 106 Å². The molecule has 1 atom stereocenters. The quantitative estimate of drug-likeness (QED) is 0.583.